The maximum Gasteiger partial charge on any atom is 0.307 e. The molecule has 0 aliphatic heterocycles. The van der Waals surface area contributed by atoms with Gasteiger partial charge in [0.1, 0.15) is 5.75 Å². The Morgan fingerprint density at radius 1 is 1.02 bits per heavy atom. The Hall–Kier alpha value is -4.22. The van der Waals surface area contributed by atoms with Crippen molar-refractivity contribution in [2.24, 2.45) is 5.84 Å². The Morgan fingerprint density at radius 2 is 1.70 bits per heavy atom. The summed E-state index contributed by atoms with van der Waals surface area (Å²) < 4.78 is 5.88. The summed E-state index contributed by atoms with van der Waals surface area (Å²) >= 11 is 0. The number of carbonyl (C=O) groups is 2. The quantitative estimate of drug-likeness (QED) is 0.127. The van der Waals surface area contributed by atoms with Crippen LogP contribution in [0.15, 0.2) is 72.6 Å². The number of hydrogen-bond acceptors (Lipinski definition) is 7. The van der Waals surface area contributed by atoms with Gasteiger partial charge in [-0.2, -0.15) is 0 Å². The lowest BCUT2D eigenvalue weighted by atomic mass is 9.85. The molecule has 1 atom stereocenters. The van der Waals surface area contributed by atoms with Crippen LogP contribution in [0.2, 0.25) is 0 Å². The molecule has 0 saturated heterocycles. The van der Waals surface area contributed by atoms with E-state index in [-0.39, 0.29) is 29.0 Å². The van der Waals surface area contributed by atoms with Gasteiger partial charge < -0.3 is 30.9 Å². The van der Waals surface area contributed by atoms with Crippen molar-refractivity contribution in [3.8, 4) is 5.75 Å². The predicted molar refractivity (Wildman–Crippen MR) is 186 cm³/mol. The SMILES string of the molecule is COc1c(CN(C)CCN(C)C)cc(C(C)(C)C)cc1NC(=O)c1ccc(C)c(N(N)/C=C(\[NH3+])C(=O)NC(C)c2ccccc2)c1. The molecule has 248 valence electrons. The highest BCUT2D eigenvalue weighted by Gasteiger charge is 2.23. The number of quaternary nitrogens is 1. The number of amides is 2. The van der Waals surface area contributed by atoms with E-state index in [0.717, 1.165) is 35.3 Å². The molecule has 0 spiro atoms. The number of carbonyl (C=O) groups excluding carboxylic acids is 2. The van der Waals surface area contributed by atoms with Crippen molar-refractivity contribution in [3.63, 3.8) is 0 Å². The molecule has 1 unspecified atom stereocenters. The van der Waals surface area contributed by atoms with Crippen LogP contribution in [0.1, 0.15) is 66.3 Å². The van der Waals surface area contributed by atoms with Crippen molar-refractivity contribution < 1.29 is 20.1 Å². The van der Waals surface area contributed by atoms with Crippen LogP contribution < -0.4 is 32.0 Å². The average Bonchev–Trinajstić information content (AvgIpc) is 2.99. The fourth-order valence-electron chi connectivity index (χ4n) is 4.95. The second-order valence-electron chi connectivity index (χ2n) is 13.1. The van der Waals surface area contributed by atoms with Crippen molar-refractivity contribution in [1.29, 1.82) is 0 Å². The molecule has 10 heteroatoms. The van der Waals surface area contributed by atoms with Gasteiger partial charge in [-0.15, -0.1) is 0 Å². The van der Waals surface area contributed by atoms with Gasteiger partial charge in [0.25, 0.3) is 5.91 Å². The zero-order valence-electron chi connectivity index (χ0n) is 28.9. The molecule has 3 rings (SSSR count). The molecule has 0 bridgehead atoms. The monoisotopic (exact) mass is 630 g/mol. The van der Waals surface area contributed by atoms with E-state index in [1.54, 1.807) is 19.2 Å². The largest absolute Gasteiger partial charge is 0.494 e. The number of rotatable bonds is 13. The van der Waals surface area contributed by atoms with E-state index in [4.69, 9.17) is 10.6 Å². The lowest BCUT2D eigenvalue weighted by Crippen LogP contribution is -2.55. The molecule has 2 amide bonds. The third-order valence-electron chi connectivity index (χ3n) is 7.84. The van der Waals surface area contributed by atoms with Crippen molar-refractivity contribution in [1.82, 2.24) is 15.1 Å². The van der Waals surface area contributed by atoms with Crippen molar-refractivity contribution in [3.05, 3.63) is 100 Å². The molecule has 0 saturated carbocycles. The summed E-state index contributed by atoms with van der Waals surface area (Å²) in [5, 5.41) is 7.36. The molecule has 0 radical (unpaired) electrons. The molecule has 0 fully saturated rings. The van der Waals surface area contributed by atoms with E-state index in [1.165, 1.54) is 11.2 Å². The smallest absolute Gasteiger partial charge is 0.307 e. The number of hydrogen-bond donors (Lipinski definition) is 4. The highest BCUT2D eigenvalue weighted by molar-refractivity contribution is 6.06. The summed E-state index contributed by atoms with van der Waals surface area (Å²) in [4.78, 5) is 31.0. The van der Waals surface area contributed by atoms with Crippen LogP contribution >= 0.6 is 0 Å². The van der Waals surface area contributed by atoms with Crippen LogP contribution in [0.25, 0.3) is 0 Å². The standard InChI is InChI=1S/C36H51N7O3/c1-24-15-16-27(20-32(24)43(38)23-30(37)35(45)39-25(2)26-13-11-10-12-14-26)34(44)40-31-21-29(36(3,4)5)19-28(33(31)46-9)22-42(8)18-17-41(6)7/h10-16,19-21,23,25H,17-18,22,37-38H2,1-9H3,(H,39,45)(H,40,44)/p+1/b30-23-. The second-order valence-corrected chi connectivity index (χ2v) is 13.1. The van der Waals surface area contributed by atoms with Crippen LogP contribution in [0.5, 0.6) is 5.75 Å². The molecule has 0 aliphatic rings. The first-order valence-electron chi connectivity index (χ1n) is 15.5. The number of anilines is 2. The first-order chi connectivity index (χ1) is 21.6. The third-order valence-corrected chi connectivity index (χ3v) is 7.84. The van der Waals surface area contributed by atoms with Crippen molar-refractivity contribution in [2.75, 3.05) is 51.7 Å². The van der Waals surface area contributed by atoms with E-state index in [0.29, 0.717) is 29.2 Å². The Morgan fingerprint density at radius 3 is 2.30 bits per heavy atom. The number of hydrazine groups is 1. The summed E-state index contributed by atoms with van der Waals surface area (Å²) in [6.45, 7) is 12.7. The zero-order chi connectivity index (χ0) is 34.2. The van der Waals surface area contributed by atoms with Crippen LogP contribution in [0.4, 0.5) is 11.4 Å². The topological polar surface area (TPSA) is 131 Å². The first kappa shape index (κ1) is 36.3. The Bertz CT molecular complexity index is 1530. The van der Waals surface area contributed by atoms with Gasteiger partial charge in [-0.05, 0) is 75.3 Å². The normalized spacial score (nSPS) is 12.7. The van der Waals surface area contributed by atoms with Crippen LogP contribution in [-0.2, 0) is 16.8 Å². The fraction of sp³-hybridized carbons (Fsp3) is 0.389. The van der Waals surface area contributed by atoms with E-state index in [1.807, 2.05) is 56.3 Å². The molecular weight excluding hydrogens is 578 g/mol. The highest BCUT2D eigenvalue weighted by Crippen LogP contribution is 2.36. The molecule has 3 aromatic rings. The van der Waals surface area contributed by atoms with Gasteiger partial charge in [-0.1, -0.05) is 63.2 Å². The number of ether oxygens (including phenoxy) is 1. The minimum atomic E-state index is -0.340. The maximum absolute atomic E-state index is 13.7. The number of nitrogens with one attached hydrogen (secondary N) is 2. The summed E-state index contributed by atoms with van der Waals surface area (Å²) in [7, 11) is 7.82. The van der Waals surface area contributed by atoms with Gasteiger partial charge in [0.2, 0.25) is 5.70 Å². The van der Waals surface area contributed by atoms with Gasteiger partial charge in [-0.3, -0.25) is 14.6 Å². The van der Waals surface area contributed by atoms with Crippen LogP contribution in [0, 0.1) is 6.92 Å². The first-order valence-corrected chi connectivity index (χ1v) is 15.5. The molecule has 7 N–H and O–H groups in total. The van der Waals surface area contributed by atoms with E-state index >= 15 is 0 Å². The number of benzene rings is 3. The lowest BCUT2D eigenvalue weighted by Gasteiger charge is -2.26. The van der Waals surface area contributed by atoms with Crippen molar-refractivity contribution in [2.45, 2.75) is 52.6 Å². The fourth-order valence-corrected chi connectivity index (χ4v) is 4.95. The maximum atomic E-state index is 13.7. The van der Waals surface area contributed by atoms with Gasteiger partial charge in [0, 0.05) is 30.8 Å². The minimum absolute atomic E-state index is 0.150. The molecule has 0 heterocycles. The zero-order valence-corrected chi connectivity index (χ0v) is 28.9. The van der Waals surface area contributed by atoms with E-state index < -0.39 is 0 Å². The number of nitrogens with two attached hydrogens (primary N) is 1. The van der Waals surface area contributed by atoms with Gasteiger partial charge >= 0.3 is 5.91 Å². The molecular formula is C36H52N7O3+. The van der Waals surface area contributed by atoms with Gasteiger partial charge in [-0.25, -0.2) is 5.84 Å². The number of aryl methyl sites for hydroxylation is 1. The molecule has 10 nitrogen and oxygen atoms in total. The predicted octanol–water partition coefficient (Wildman–Crippen LogP) is 4.19. The highest BCUT2D eigenvalue weighted by atomic mass is 16.5. The molecule has 3 aromatic carbocycles. The minimum Gasteiger partial charge on any atom is -0.494 e. The summed E-state index contributed by atoms with van der Waals surface area (Å²) in [5.41, 5.74) is 9.43. The molecule has 0 aliphatic carbocycles. The van der Waals surface area contributed by atoms with Gasteiger partial charge in [0.15, 0.2) is 0 Å². The summed E-state index contributed by atoms with van der Waals surface area (Å²) in [6, 6.07) is 18.9. The average molecular weight is 631 g/mol. The van der Waals surface area contributed by atoms with Crippen LogP contribution in [0.3, 0.4) is 0 Å². The van der Waals surface area contributed by atoms with E-state index in [9.17, 15) is 9.59 Å². The summed E-state index contributed by atoms with van der Waals surface area (Å²) in [5.74, 6) is 6.38. The van der Waals surface area contributed by atoms with Crippen molar-refractivity contribution >= 4 is 23.2 Å². The molecule has 46 heavy (non-hydrogen) atoms. The summed E-state index contributed by atoms with van der Waals surface area (Å²) in [6.07, 6.45) is 1.46. The number of methoxy groups -OCH3 is 1. The Labute approximate surface area is 274 Å². The number of likely N-dealkylation sites (N-methyl/N-ethyl adjacent to an activating group) is 2. The Balaban J connectivity index is 1.86. The second kappa shape index (κ2) is 15.9. The molecule has 0 aromatic heterocycles. The Kier molecular flexibility index (Phi) is 12.5. The van der Waals surface area contributed by atoms with E-state index in [2.05, 4.69) is 74.1 Å². The van der Waals surface area contributed by atoms with Gasteiger partial charge in [0.05, 0.1) is 30.7 Å². The van der Waals surface area contributed by atoms with Crippen LogP contribution in [-0.4, -0.2) is 63.0 Å². The third kappa shape index (κ3) is 9.89. The lowest BCUT2D eigenvalue weighted by molar-refractivity contribution is -0.299. The number of nitrogens with zero attached hydrogens (tertiary/aromatic N) is 3.